The Morgan fingerprint density at radius 2 is 2.23 bits per heavy atom. The molecule has 0 saturated heterocycles. The second-order valence-corrected chi connectivity index (χ2v) is 4.03. The van der Waals surface area contributed by atoms with Crippen LogP contribution in [0.5, 0.6) is 5.75 Å². The zero-order valence-corrected chi connectivity index (χ0v) is 8.60. The van der Waals surface area contributed by atoms with Crippen molar-refractivity contribution in [1.82, 2.24) is 0 Å². The van der Waals surface area contributed by atoms with Crippen LogP contribution in [0.4, 0.5) is 0 Å². The molecule has 2 rings (SSSR count). The van der Waals surface area contributed by atoms with E-state index in [1.807, 2.05) is 0 Å². The molecule has 68 valence electrons. The van der Waals surface area contributed by atoms with Gasteiger partial charge in [0.15, 0.2) is 6.29 Å². The van der Waals surface area contributed by atoms with E-state index in [9.17, 15) is 9.90 Å². The van der Waals surface area contributed by atoms with Gasteiger partial charge in [-0.15, -0.1) is 0 Å². The monoisotopic (exact) mass is 240 g/mol. The van der Waals surface area contributed by atoms with E-state index in [0.29, 0.717) is 16.3 Å². The smallest absolute Gasteiger partial charge is 0.153 e. The zero-order chi connectivity index (χ0) is 9.42. The van der Waals surface area contributed by atoms with Crippen LogP contribution in [-0.4, -0.2) is 11.4 Å². The number of phenolic OH excluding ortho intramolecular Hbond substituents is 1. The molecule has 0 aromatic heterocycles. The van der Waals surface area contributed by atoms with Gasteiger partial charge in [0.25, 0.3) is 0 Å². The van der Waals surface area contributed by atoms with Gasteiger partial charge in [0.05, 0.1) is 10.0 Å². The summed E-state index contributed by atoms with van der Waals surface area (Å²) >= 11 is 3.31. The van der Waals surface area contributed by atoms with Crippen molar-refractivity contribution in [2.75, 3.05) is 0 Å². The first kappa shape index (κ1) is 8.75. The van der Waals surface area contributed by atoms with Gasteiger partial charge in [-0.05, 0) is 52.4 Å². The molecular formula is C10H9BrO2. The lowest BCUT2D eigenvalue weighted by atomic mass is 10.1. The topological polar surface area (TPSA) is 37.3 Å². The molecule has 0 saturated carbocycles. The predicted molar refractivity (Wildman–Crippen MR) is 53.2 cm³/mol. The van der Waals surface area contributed by atoms with Crippen molar-refractivity contribution in [3.8, 4) is 5.75 Å². The summed E-state index contributed by atoms with van der Waals surface area (Å²) in [7, 11) is 0. The van der Waals surface area contributed by atoms with Crippen LogP contribution in [-0.2, 0) is 12.8 Å². The van der Waals surface area contributed by atoms with E-state index in [4.69, 9.17) is 0 Å². The van der Waals surface area contributed by atoms with Crippen LogP contribution in [0.3, 0.4) is 0 Å². The Labute approximate surface area is 84.7 Å². The van der Waals surface area contributed by atoms with Crippen molar-refractivity contribution in [3.05, 3.63) is 27.2 Å². The number of aryl methyl sites for hydroxylation is 1. The lowest BCUT2D eigenvalue weighted by molar-refractivity contribution is 0.112. The van der Waals surface area contributed by atoms with E-state index < -0.39 is 0 Å². The fourth-order valence-electron chi connectivity index (χ4n) is 1.79. The van der Waals surface area contributed by atoms with Crippen molar-refractivity contribution in [1.29, 1.82) is 0 Å². The van der Waals surface area contributed by atoms with Gasteiger partial charge in [-0.3, -0.25) is 4.79 Å². The van der Waals surface area contributed by atoms with Crippen molar-refractivity contribution < 1.29 is 9.90 Å². The largest absolute Gasteiger partial charge is 0.506 e. The summed E-state index contributed by atoms with van der Waals surface area (Å²) < 4.78 is 0.699. The molecule has 1 aromatic carbocycles. The summed E-state index contributed by atoms with van der Waals surface area (Å²) in [6.45, 7) is 0. The van der Waals surface area contributed by atoms with Gasteiger partial charge in [-0.25, -0.2) is 0 Å². The van der Waals surface area contributed by atoms with Gasteiger partial charge in [-0.1, -0.05) is 0 Å². The molecule has 1 N–H and O–H groups in total. The van der Waals surface area contributed by atoms with Crippen LogP contribution in [0.2, 0.25) is 0 Å². The number of carbonyl (C=O) groups is 1. The standard InChI is InChI=1S/C10H9BrO2/c11-9-8-3-1-2-6(8)4-7(5-12)10(9)13/h4-5,13H,1-3H2. The van der Waals surface area contributed by atoms with Gasteiger partial charge in [0.1, 0.15) is 5.75 Å². The molecule has 1 aromatic rings. The molecule has 3 heteroatoms. The Bertz CT molecular complexity index is 372. The van der Waals surface area contributed by atoms with Gasteiger partial charge in [0.2, 0.25) is 0 Å². The number of carbonyl (C=O) groups excluding carboxylic acids is 1. The maximum atomic E-state index is 10.6. The van der Waals surface area contributed by atoms with Gasteiger partial charge < -0.3 is 5.11 Å². The van der Waals surface area contributed by atoms with Crippen molar-refractivity contribution in [2.24, 2.45) is 0 Å². The first-order valence-electron chi connectivity index (χ1n) is 4.22. The average molecular weight is 241 g/mol. The highest BCUT2D eigenvalue weighted by atomic mass is 79.9. The molecule has 0 spiro atoms. The number of phenols is 1. The second kappa shape index (κ2) is 3.14. The molecule has 0 heterocycles. The molecule has 0 amide bonds. The van der Waals surface area contributed by atoms with Gasteiger partial charge in [0, 0.05) is 0 Å². The average Bonchev–Trinajstić information content (AvgIpc) is 2.59. The minimum Gasteiger partial charge on any atom is -0.506 e. The highest BCUT2D eigenvalue weighted by Crippen LogP contribution is 2.37. The number of benzene rings is 1. The van der Waals surface area contributed by atoms with Gasteiger partial charge >= 0.3 is 0 Å². The van der Waals surface area contributed by atoms with Crippen LogP contribution in [0.15, 0.2) is 10.5 Å². The molecule has 0 bridgehead atoms. The van der Waals surface area contributed by atoms with E-state index in [0.717, 1.165) is 24.8 Å². The fourth-order valence-corrected chi connectivity index (χ4v) is 2.47. The summed E-state index contributed by atoms with van der Waals surface area (Å²) in [5.74, 6) is 0.0793. The maximum absolute atomic E-state index is 10.6. The number of hydrogen-bond donors (Lipinski definition) is 1. The summed E-state index contributed by atoms with van der Waals surface area (Å²) in [5.41, 5.74) is 2.72. The number of aromatic hydroxyl groups is 1. The number of rotatable bonds is 1. The third-order valence-electron chi connectivity index (χ3n) is 2.46. The van der Waals surface area contributed by atoms with Crippen molar-refractivity contribution >= 4 is 22.2 Å². The summed E-state index contributed by atoms with van der Waals surface area (Å²) in [6, 6.07) is 1.79. The lowest BCUT2D eigenvalue weighted by Crippen LogP contribution is -1.90. The highest BCUT2D eigenvalue weighted by Gasteiger charge is 2.19. The van der Waals surface area contributed by atoms with E-state index >= 15 is 0 Å². The van der Waals surface area contributed by atoms with Crippen LogP contribution >= 0.6 is 15.9 Å². The van der Waals surface area contributed by atoms with Crippen LogP contribution in [0, 0.1) is 0 Å². The molecule has 0 atom stereocenters. The zero-order valence-electron chi connectivity index (χ0n) is 7.01. The Kier molecular flexibility index (Phi) is 2.12. The van der Waals surface area contributed by atoms with Crippen LogP contribution in [0.25, 0.3) is 0 Å². The SMILES string of the molecule is O=Cc1cc2c(c(Br)c1O)CCC2. The van der Waals surface area contributed by atoms with Crippen molar-refractivity contribution in [3.63, 3.8) is 0 Å². The highest BCUT2D eigenvalue weighted by molar-refractivity contribution is 9.10. The van der Waals surface area contributed by atoms with E-state index in [2.05, 4.69) is 15.9 Å². The summed E-state index contributed by atoms with van der Waals surface area (Å²) in [5, 5.41) is 9.58. The molecule has 1 aliphatic carbocycles. The number of aldehydes is 1. The Morgan fingerprint density at radius 3 is 2.92 bits per heavy atom. The fraction of sp³-hybridized carbons (Fsp3) is 0.300. The quantitative estimate of drug-likeness (QED) is 0.767. The normalized spacial score (nSPS) is 14.2. The number of hydrogen-bond acceptors (Lipinski definition) is 2. The third-order valence-corrected chi connectivity index (χ3v) is 3.32. The molecule has 0 radical (unpaired) electrons. The second-order valence-electron chi connectivity index (χ2n) is 3.24. The summed E-state index contributed by atoms with van der Waals surface area (Å²) in [6.07, 6.45) is 3.80. The minimum absolute atomic E-state index is 0.0793. The van der Waals surface area contributed by atoms with Crippen LogP contribution < -0.4 is 0 Å². The lowest BCUT2D eigenvalue weighted by Gasteiger charge is -2.06. The maximum Gasteiger partial charge on any atom is 0.153 e. The Balaban J connectivity index is 2.68. The molecular weight excluding hydrogens is 232 g/mol. The summed E-state index contributed by atoms with van der Waals surface area (Å²) in [4.78, 5) is 10.6. The Hall–Kier alpha value is -0.830. The molecule has 2 nitrogen and oxygen atoms in total. The number of fused-ring (bicyclic) bond motifs is 1. The van der Waals surface area contributed by atoms with Gasteiger partial charge in [-0.2, -0.15) is 0 Å². The first-order valence-corrected chi connectivity index (χ1v) is 5.01. The Morgan fingerprint density at radius 1 is 1.46 bits per heavy atom. The third kappa shape index (κ3) is 1.27. The molecule has 0 aliphatic heterocycles. The predicted octanol–water partition coefficient (Wildman–Crippen LogP) is 2.46. The van der Waals surface area contributed by atoms with Crippen molar-refractivity contribution in [2.45, 2.75) is 19.3 Å². The molecule has 0 fully saturated rings. The molecule has 13 heavy (non-hydrogen) atoms. The van der Waals surface area contributed by atoms with E-state index in [1.54, 1.807) is 6.07 Å². The minimum atomic E-state index is 0.0793. The number of halogens is 1. The first-order chi connectivity index (χ1) is 6.24. The molecule has 1 aliphatic rings. The molecule has 0 unspecified atom stereocenters. The van der Waals surface area contributed by atoms with Crippen LogP contribution in [0.1, 0.15) is 27.9 Å². The van der Waals surface area contributed by atoms with E-state index in [-0.39, 0.29) is 5.75 Å². The van der Waals surface area contributed by atoms with E-state index in [1.165, 1.54) is 5.56 Å².